The van der Waals surface area contributed by atoms with Crippen molar-refractivity contribution in [3.8, 4) is 0 Å². The molecule has 3 rings (SSSR count). The zero-order valence-electron chi connectivity index (χ0n) is 22.5. The van der Waals surface area contributed by atoms with Gasteiger partial charge < -0.3 is 44.5 Å². The van der Waals surface area contributed by atoms with Gasteiger partial charge in [0.25, 0.3) is 0 Å². The summed E-state index contributed by atoms with van der Waals surface area (Å²) < 4.78 is 46.1. The number of morpholine rings is 1. The fourth-order valence-corrected chi connectivity index (χ4v) is 5.97. The lowest BCUT2D eigenvalue weighted by Gasteiger charge is -2.40. The van der Waals surface area contributed by atoms with Gasteiger partial charge in [0.05, 0.1) is 45.7 Å². The molecule has 39 heavy (non-hydrogen) atoms. The summed E-state index contributed by atoms with van der Waals surface area (Å²) in [5.41, 5.74) is 5.05. The zero-order chi connectivity index (χ0) is 28.3. The van der Waals surface area contributed by atoms with Crippen molar-refractivity contribution in [2.24, 2.45) is 0 Å². The molecule has 1 aromatic heterocycles. The first-order valence-corrected chi connectivity index (χ1v) is 14.3. The van der Waals surface area contributed by atoms with E-state index in [-0.39, 0.29) is 38.9 Å². The number of nitrogens with one attached hydrogen (secondary N) is 1. The van der Waals surface area contributed by atoms with E-state index >= 15 is 0 Å². The van der Waals surface area contributed by atoms with Gasteiger partial charge in [-0.05, 0) is 20.2 Å². The number of piperazine rings is 1. The number of hydrogen-bond acceptors (Lipinski definition) is 12. The Labute approximate surface area is 227 Å². The number of amides is 1. The summed E-state index contributed by atoms with van der Waals surface area (Å²) in [5.74, 6) is 0.131. The highest BCUT2D eigenvalue weighted by molar-refractivity contribution is 7.53. The molecule has 0 aliphatic carbocycles. The Morgan fingerprint density at radius 1 is 1.18 bits per heavy atom. The van der Waals surface area contributed by atoms with Crippen LogP contribution in [0.2, 0.25) is 0 Å². The number of aromatic nitrogens is 2. The maximum atomic E-state index is 13.9. The van der Waals surface area contributed by atoms with Crippen molar-refractivity contribution in [2.75, 3.05) is 105 Å². The highest BCUT2D eigenvalue weighted by atomic mass is 31.2. The lowest BCUT2D eigenvalue weighted by atomic mass is 10.3. The van der Waals surface area contributed by atoms with Crippen LogP contribution in [0.3, 0.4) is 0 Å². The Bertz CT molecular complexity index is 1010. The normalized spacial score (nSPS) is 22.1. The smallest absolute Gasteiger partial charge is 0.409 e. The number of carbonyl (C=O) groups is 1. The molecular formula is C22H40N7O9P. The number of hydrogen-bond donors (Lipinski definition) is 3. The number of nitrogens with zero attached hydrogens (tertiary/aromatic N) is 5. The highest BCUT2D eigenvalue weighted by Gasteiger charge is 2.39. The summed E-state index contributed by atoms with van der Waals surface area (Å²) in [6.07, 6.45) is 0.00122. The molecule has 3 atom stereocenters. The first-order chi connectivity index (χ1) is 18.7. The Balaban J connectivity index is 1.43. The van der Waals surface area contributed by atoms with Crippen LogP contribution in [-0.2, 0) is 28.0 Å². The molecule has 1 unspecified atom stereocenters. The van der Waals surface area contributed by atoms with Crippen LogP contribution in [0.15, 0.2) is 17.1 Å². The molecule has 1 aromatic rings. The molecule has 16 nitrogen and oxygen atoms in total. The maximum Gasteiger partial charge on any atom is 0.409 e. The van der Waals surface area contributed by atoms with E-state index in [1.807, 2.05) is 0 Å². The summed E-state index contributed by atoms with van der Waals surface area (Å²) in [4.78, 5) is 29.9. The van der Waals surface area contributed by atoms with Crippen LogP contribution in [-0.4, -0.2) is 141 Å². The van der Waals surface area contributed by atoms with Crippen molar-refractivity contribution in [3.63, 3.8) is 0 Å². The van der Waals surface area contributed by atoms with Gasteiger partial charge in [-0.25, -0.2) is 18.9 Å². The van der Waals surface area contributed by atoms with Crippen molar-refractivity contribution in [3.05, 3.63) is 22.7 Å². The molecule has 0 aromatic carbocycles. The minimum absolute atomic E-state index is 0.0312. The monoisotopic (exact) mass is 577 g/mol. The highest BCUT2D eigenvalue weighted by Crippen LogP contribution is 2.53. The largest absolute Gasteiger partial charge is 0.447 e. The fourth-order valence-electron chi connectivity index (χ4n) is 4.02. The molecule has 2 aliphatic rings. The summed E-state index contributed by atoms with van der Waals surface area (Å²) >= 11 is 0. The fraction of sp³-hybridized carbons (Fsp3) is 0.773. The van der Waals surface area contributed by atoms with E-state index < -0.39 is 31.8 Å². The van der Waals surface area contributed by atoms with Crippen molar-refractivity contribution in [1.82, 2.24) is 29.1 Å². The molecule has 1 amide bonds. The quantitative estimate of drug-likeness (QED) is 0.177. The Morgan fingerprint density at radius 3 is 2.54 bits per heavy atom. The number of aliphatic hydroxyl groups excluding tert-OH is 1. The van der Waals surface area contributed by atoms with Gasteiger partial charge in [0, 0.05) is 45.5 Å². The van der Waals surface area contributed by atoms with E-state index in [0.29, 0.717) is 52.5 Å². The number of ether oxygens (including phenoxy) is 4. The molecule has 2 fully saturated rings. The van der Waals surface area contributed by atoms with Crippen LogP contribution in [0.5, 0.6) is 0 Å². The molecule has 2 aliphatic heterocycles. The van der Waals surface area contributed by atoms with Crippen LogP contribution < -0.4 is 16.7 Å². The second kappa shape index (κ2) is 15.6. The standard InChI is InChI=1S/C22H40N7O9P/c1-26(2)39(33,37-17-18-15-24-16-20(38-18)29-4-3-19(23)25-21(29)31)28-7-5-27(6-8-28)22(32)36-14-13-35-12-11-34-10-9-30/h3-4,18,20,24,30H,5-17H2,1-2H3,(H2,23,25,31)/t18-,20+,39?/m0/s1. The van der Waals surface area contributed by atoms with E-state index in [9.17, 15) is 14.2 Å². The molecule has 0 spiro atoms. The molecule has 0 bridgehead atoms. The summed E-state index contributed by atoms with van der Waals surface area (Å²) in [6, 6.07) is 1.52. The van der Waals surface area contributed by atoms with E-state index in [2.05, 4.69) is 10.3 Å². The zero-order valence-corrected chi connectivity index (χ0v) is 23.4. The molecule has 3 heterocycles. The summed E-state index contributed by atoms with van der Waals surface area (Å²) in [6.45, 7) is 3.47. The van der Waals surface area contributed by atoms with Crippen molar-refractivity contribution < 1.29 is 37.9 Å². The molecular weight excluding hydrogens is 537 g/mol. The summed E-state index contributed by atoms with van der Waals surface area (Å²) in [5, 5.41) is 11.8. The number of nitrogens with two attached hydrogens (primary N) is 1. The number of aliphatic hydroxyl groups is 1. The third-order valence-corrected chi connectivity index (χ3v) is 8.68. The van der Waals surface area contributed by atoms with Crippen LogP contribution in [0.1, 0.15) is 6.23 Å². The van der Waals surface area contributed by atoms with E-state index in [1.165, 1.54) is 16.8 Å². The average molecular weight is 578 g/mol. The van der Waals surface area contributed by atoms with Crippen LogP contribution >= 0.6 is 7.67 Å². The first kappa shape index (κ1) is 31.4. The van der Waals surface area contributed by atoms with Gasteiger partial charge in [-0.1, -0.05) is 0 Å². The van der Waals surface area contributed by atoms with E-state index in [0.717, 1.165) is 0 Å². The maximum absolute atomic E-state index is 13.9. The predicted octanol–water partition coefficient (Wildman–Crippen LogP) is -1.22. The van der Waals surface area contributed by atoms with E-state index in [4.69, 9.17) is 34.3 Å². The summed E-state index contributed by atoms with van der Waals surface area (Å²) in [7, 11) is -0.0463. The Morgan fingerprint density at radius 2 is 1.87 bits per heavy atom. The SMILES string of the molecule is CN(C)P(=O)(OC[C@@H]1CNC[C@H](n2ccc(N)nc2=O)O1)N1CCN(C(=O)OCCOCCOCCO)CC1. The topological polar surface area (TPSA) is 183 Å². The molecule has 222 valence electrons. The van der Waals surface area contributed by atoms with Gasteiger partial charge in [0.2, 0.25) is 0 Å². The molecule has 2 saturated heterocycles. The van der Waals surface area contributed by atoms with Gasteiger partial charge >= 0.3 is 19.5 Å². The lowest BCUT2D eigenvalue weighted by molar-refractivity contribution is -0.0945. The van der Waals surface area contributed by atoms with Gasteiger partial charge in [0.15, 0.2) is 6.23 Å². The third kappa shape index (κ3) is 9.20. The van der Waals surface area contributed by atoms with Crippen molar-refractivity contribution in [2.45, 2.75) is 12.3 Å². The molecule has 4 N–H and O–H groups in total. The minimum atomic E-state index is -3.40. The Kier molecular flexibility index (Phi) is 12.6. The number of rotatable bonds is 14. The van der Waals surface area contributed by atoms with Gasteiger partial charge in [0.1, 0.15) is 12.4 Å². The average Bonchev–Trinajstić information content (AvgIpc) is 2.93. The number of anilines is 1. The van der Waals surface area contributed by atoms with Gasteiger partial charge in [-0.15, -0.1) is 0 Å². The minimum Gasteiger partial charge on any atom is -0.447 e. The molecule has 0 saturated carbocycles. The van der Waals surface area contributed by atoms with Crippen molar-refractivity contribution >= 4 is 19.6 Å². The van der Waals surface area contributed by atoms with Gasteiger partial charge in [-0.3, -0.25) is 9.13 Å². The molecule has 17 heteroatoms. The second-order valence-electron chi connectivity index (χ2n) is 9.05. The number of carbonyl (C=O) groups excluding carboxylic acids is 1. The van der Waals surface area contributed by atoms with Gasteiger partial charge in [-0.2, -0.15) is 4.98 Å². The van der Waals surface area contributed by atoms with Crippen LogP contribution in [0.4, 0.5) is 10.6 Å². The predicted molar refractivity (Wildman–Crippen MR) is 140 cm³/mol. The van der Waals surface area contributed by atoms with Crippen molar-refractivity contribution in [1.29, 1.82) is 0 Å². The van der Waals surface area contributed by atoms with Crippen LogP contribution in [0.25, 0.3) is 0 Å². The van der Waals surface area contributed by atoms with E-state index in [1.54, 1.807) is 28.3 Å². The number of nitrogen functional groups attached to an aromatic ring is 1. The lowest BCUT2D eigenvalue weighted by Crippen LogP contribution is -2.50. The van der Waals surface area contributed by atoms with Crippen LogP contribution in [0, 0.1) is 0 Å². The second-order valence-corrected chi connectivity index (χ2v) is 11.7. The Hall–Kier alpha value is -2.14. The molecule has 0 radical (unpaired) electrons. The first-order valence-electron chi connectivity index (χ1n) is 12.8. The third-order valence-electron chi connectivity index (χ3n) is 6.07.